The maximum absolute atomic E-state index is 13.6. The molecule has 2 aromatic rings. The number of aliphatic hydroxyl groups excluding tert-OH is 1. The van der Waals surface area contributed by atoms with Crippen LogP contribution in [0.4, 0.5) is 0 Å². The second kappa shape index (κ2) is 11.4. The summed E-state index contributed by atoms with van der Waals surface area (Å²) < 4.78 is 28.5. The quantitative estimate of drug-likeness (QED) is 0.416. The SMILES string of the molecule is COc1ccc(COCC2=C(C(=O)[C@H]3O[C@]3(C)COCc3ccccc3)[C@H](O)CCC2(C)C)cc1OC. The standard InChI is InChI=1S/C30H38O7/c1-29(2)14-13-23(31)26(22(29)18-35-17-21-11-12-24(33-4)25(15-21)34-5)27(32)28-30(3,37-28)19-36-16-20-9-7-6-8-10-20/h6-12,15,23,28,31H,13-14,16-19H2,1-5H3/t23-,28-,30-/m1/s1. The summed E-state index contributed by atoms with van der Waals surface area (Å²) in [4.78, 5) is 13.6. The van der Waals surface area contributed by atoms with Gasteiger partial charge in [-0.05, 0) is 54.0 Å². The van der Waals surface area contributed by atoms with Gasteiger partial charge in [0.05, 0.1) is 46.8 Å². The molecule has 1 fully saturated rings. The topological polar surface area (TPSA) is 86.8 Å². The van der Waals surface area contributed by atoms with Gasteiger partial charge in [0.15, 0.2) is 23.4 Å². The van der Waals surface area contributed by atoms with Gasteiger partial charge < -0.3 is 28.8 Å². The van der Waals surface area contributed by atoms with Crippen LogP contribution < -0.4 is 9.47 Å². The van der Waals surface area contributed by atoms with Crippen molar-refractivity contribution in [2.45, 2.75) is 64.6 Å². The number of rotatable bonds is 12. The Morgan fingerprint density at radius 3 is 2.35 bits per heavy atom. The molecule has 0 aromatic heterocycles. The number of carbonyl (C=O) groups excluding carboxylic acids is 1. The van der Waals surface area contributed by atoms with Gasteiger partial charge in [-0.3, -0.25) is 4.79 Å². The Kier molecular flexibility index (Phi) is 8.39. The summed E-state index contributed by atoms with van der Waals surface area (Å²) in [5, 5.41) is 10.9. The van der Waals surface area contributed by atoms with Crippen molar-refractivity contribution in [3.63, 3.8) is 0 Å². The van der Waals surface area contributed by atoms with Crippen molar-refractivity contribution >= 4 is 5.78 Å². The fourth-order valence-corrected chi connectivity index (χ4v) is 4.95. The van der Waals surface area contributed by atoms with Gasteiger partial charge in [0.1, 0.15) is 5.60 Å². The molecule has 7 nitrogen and oxygen atoms in total. The van der Waals surface area contributed by atoms with Gasteiger partial charge in [-0.15, -0.1) is 0 Å². The summed E-state index contributed by atoms with van der Waals surface area (Å²) in [6.07, 6.45) is -0.175. The number of ether oxygens (including phenoxy) is 5. The van der Waals surface area contributed by atoms with E-state index in [0.717, 1.165) is 23.1 Å². The molecule has 0 spiro atoms. The predicted molar refractivity (Wildman–Crippen MR) is 140 cm³/mol. The zero-order valence-corrected chi connectivity index (χ0v) is 22.4. The Morgan fingerprint density at radius 2 is 1.65 bits per heavy atom. The molecule has 37 heavy (non-hydrogen) atoms. The molecule has 7 heteroatoms. The van der Waals surface area contributed by atoms with Crippen molar-refractivity contribution in [1.82, 2.24) is 0 Å². The molecule has 2 aliphatic rings. The van der Waals surface area contributed by atoms with Crippen LogP contribution in [0.15, 0.2) is 59.7 Å². The number of carbonyl (C=O) groups is 1. The first-order valence-electron chi connectivity index (χ1n) is 12.7. The first-order valence-corrected chi connectivity index (χ1v) is 12.7. The van der Waals surface area contributed by atoms with Crippen LogP contribution >= 0.6 is 0 Å². The number of ketones is 1. The van der Waals surface area contributed by atoms with E-state index >= 15 is 0 Å². The lowest BCUT2D eigenvalue weighted by Gasteiger charge is -2.37. The van der Waals surface area contributed by atoms with Gasteiger partial charge in [0, 0.05) is 5.57 Å². The summed E-state index contributed by atoms with van der Waals surface area (Å²) in [5.74, 6) is 1.11. The number of methoxy groups -OCH3 is 2. The number of benzene rings is 2. The van der Waals surface area contributed by atoms with Crippen LogP contribution in [0, 0.1) is 5.41 Å². The van der Waals surface area contributed by atoms with Crippen molar-refractivity contribution in [1.29, 1.82) is 0 Å². The third-order valence-corrected chi connectivity index (χ3v) is 7.37. The zero-order chi connectivity index (χ0) is 26.6. The van der Waals surface area contributed by atoms with Crippen molar-refractivity contribution in [2.24, 2.45) is 5.41 Å². The van der Waals surface area contributed by atoms with Crippen LogP contribution in [0.25, 0.3) is 0 Å². The predicted octanol–water partition coefficient (Wildman–Crippen LogP) is 4.64. The number of hydrogen-bond donors (Lipinski definition) is 1. The normalized spacial score (nSPS) is 24.6. The molecule has 4 rings (SSSR count). The average molecular weight is 511 g/mol. The van der Waals surface area contributed by atoms with E-state index < -0.39 is 17.8 Å². The average Bonchev–Trinajstić information content (AvgIpc) is 3.57. The monoisotopic (exact) mass is 510 g/mol. The molecule has 1 N–H and O–H groups in total. The van der Waals surface area contributed by atoms with Gasteiger partial charge in [-0.2, -0.15) is 0 Å². The molecule has 2 aromatic carbocycles. The summed E-state index contributed by atoms with van der Waals surface area (Å²) >= 11 is 0. The molecule has 3 atom stereocenters. The largest absolute Gasteiger partial charge is 0.493 e. The molecule has 1 saturated heterocycles. The molecule has 0 unspecified atom stereocenters. The van der Waals surface area contributed by atoms with Crippen molar-refractivity contribution in [2.75, 3.05) is 27.4 Å². The Bertz CT molecular complexity index is 1120. The number of hydrogen-bond acceptors (Lipinski definition) is 7. The van der Waals surface area contributed by atoms with Crippen LogP contribution in [-0.2, 0) is 32.2 Å². The van der Waals surface area contributed by atoms with Crippen LogP contribution in [-0.4, -0.2) is 56.1 Å². The third kappa shape index (κ3) is 6.24. The molecule has 0 amide bonds. The van der Waals surface area contributed by atoms with Crippen LogP contribution in [0.1, 0.15) is 44.7 Å². The second-order valence-corrected chi connectivity index (χ2v) is 10.7. The molecular weight excluding hydrogens is 472 g/mol. The number of aliphatic hydroxyl groups is 1. The van der Waals surface area contributed by atoms with Gasteiger partial charge in [-0.25, -0.2) is 0 Å². The fourth-order valence-electron chi connectivity index (χ4n) is 4.95. The minimum atomic E-state index is -0.834. The highest BCUT2D eigenvalue weighted by Crippen LogP contribution is 2.45. The Morgan fingerprint density at radius 1 is 0.946 bits per heavy atom. The molecule has 1 heterocycles. The van der Waals surface area contributed by atoms with E-state index in [9.17, 15) is 9.90 Å². The van der Waals surface area contributed by atoms with Crippen molar-refractivity contribution in [3.05, 3.63) is 70.8 Å². The molecule has 1 aliphatic heterocycles. The highest BCUT2D eigenvalue weighted by Gasteiger charge is 2.59. The minimum absolute atomic E-state index is 0.171. The lowest BCUT2D eigenvalue weighted by molar-refractivity contribution is -0.118. The van der Waals surface area contributed by atoms with Crippen LogP contribution in [0.2, 0.25) is 0 Å². The van der Waals surface area contributed by atoms with Gasteiger partial charge in [0.25, 0.3) is 0 Å². The lowest BCUT2D eigenvalue weighted by Crippen LogP contribution is -2.37. The third-order valence-electron chi connectivity index (χ3n) is 7.37. The van der Waals surface area contributed by atoms with Crippen molar-refractivity contribution < 1.29 is 33.6 Å². The summed E-state index contributed by atoms with van der Waals surface area (Å²) in [6, 6.07) is 15.5. The minimum Gasteiger partial charge on any atom is -0.493 e. The number of Topliss-reactive ketones (excluding diaryl/α,β-unsaturated/α-hetero) is 1. The van der Waals surface area contributed by atoms with Gasteiger partial charge in [-0.1, -0.05) is 50.2 Å². The first-order chi connectivity index (χ1) is 17.7. The highest BCUT2D eigenvalue weighted by molar-refractivity contribution is 6.03. The van der Waals surface area contributed by atoms with Crippen LogP contribution in [0.5, 0.6) is 11.5 Å². The lowest BCUT2D eigenvalue weighted by atomic mass is 9.70. The maximum Gasteiger partial charge on any atom is 0.193 e. The van der Waals surface area contributed by atoms with E-state index in [0.29, 0.717) is 43.3 Å². The Balaban J connectivity index is 1.44. The van der Waals surface area contributed by atoms with E-state index in [-0.39, 0.29) is 17.8 Å². The summed E-state index contributed by atoms with van der Waals surface area (Å²) in [5.41, 5.74) is 2.27. The zero-order valence-electron chi connectivity index (χ0n) is 22.4. The fraction of sp³-hybridized carbons (Fsp3) is 0.500. The molecule has 0 radical (unpaired) electrons. The van der Waals surface area contributed by atoms with Crippen molar-refractivity contribution in [3.8, 4) is 11.5 Å². The van der Waals surface area contributed by atoms with Gasteiger partial charge >= 0.3 is 0 Å². The first kappa shape index (κ1) is 27.3. The second-order valence-electron chi connectivity index (χ2n) is 10.7. The highest BCUT2D eigenvalue weighted by atomic mass is 16.6. The molecule has 200 valence electrons. The van der Waals surface area contributed by atoms with E-state index in [2.05, 4.69) is 13.8 Å². The van der Waals surface area contributed by atoms with E-state index in [1.54, 1.807) is 14.2 Å². The van der Waals surface area contributed by atoms with Gasteiger partial charge in [0.2, 0.25) is 0 Å². The van der Waals surface area contributed by atoms with E-state index in [4.69, 9.17) is 23.7 Å². The Labute approximate surface area is 219 Å². The van der Waals surface area contributed by atoms with E-state index in [1.807, 2.05) is 55.5 Å². The van der Waals surface area contributed by atoms with E-state index in [1.165, 1.54) is 0 Å². The molecule has 0 bridgehead atoms. The molecule has 0 saturated carbocycles. The summed E-state index contributed by atoms with van der Waals surface area (Å²) in [7, 11) is 3.19. The maximum atomic E-state index is 13.6. The van der Waals surface area contributed by atoms with Crippen LogP contribution in [0.3, 0.4) is 0 Å². The molecular formula is C30H38O7. The smallest absolute Gasteiger partial charge is 0.193 e. The number of epoxide rings is 1. The summed E-state index contributed by atoms with van der Waals surface area (Å²) in [6.45, 7) is 7.41. The Hall–Kier alpha value is -2.71. The molecule has 1 aliphatic carbocycles.